The Morgan fingerprint density at radius 3 is 2.76 bits per heavy atom. The topological polar surface area (TPSA) is 65.2 Å². The summed E-state index contributed by atoms with van der Waals surface area (Å²) in [6.07, 6.45) is 1.64. The van der Waals surface area contributed by atoms with E-state index in [0.717, 1.165) is 16.3 Å². The summed E-state index contributed by atoms with van der Waals surface area (Å²) in [7, 11) is 0. The summed E-state index contributed by atoms with van der Waals surface area (Å²) in [6, 6.07) is 9.24. The predicted octanol–water partition coefficient (Wildman–Crippen LogP) is 3.56. The van der Waals surface area contributed by atoms with E-state index in [0.29, 0.717) is 23.6 Å². The molecule has 0 unspecified atom stereocenters. The van der Waals surface area contributed by atoms with Gasteiger partial charge in [0.25, 0.3) is 0 Å². The van der Waals surface area contributed by atoms with Gasteiger partial charge in [-0.3, -0.25) is 4.79 Å². The molecule has 0 fully saturated rings. The van der Waals surface area contributed by atoms with Crippen LogP contribution in [-0.2, 0) is 5.75 Å². The minimum Gasteiger partial charge on any atom is -0.494 e. The number of benzene rings is 1. The number of carbonyl (C=O) groups excluding carboxylic acids is 1. The van der Waals surface area contributed by atoms with Crippen LogP contribution in [0.25, 0.3) is 0 Å². The second kappa shape index (κ2) is 7.13. The molecular formula is C16H18N2O2S. The fourth-order valence-electron chi connectivity index (χ4n) is 1.84. The standard InChI is InChI=1S/C16H18N2O2S/c1-3-20-15-6-4-12(11(2)19)8-13(15)10-21-16-7-5-14(17)9-18-16/h4-9H,3,10,17H2,1-2H3. The average molecular weight is 302 g/mol. The van der Waals surface area contributed by atoms with Gasteiger partial charge in [0, 0.05) is 16.9 Å². The number of aromatic nitrogens is 1. The predicted molar refractivity (Wildman–Crippen MR) is 85.8 cm³/mol. The van der Waals surface area contributed by atoms with Crippen molar-refractivity contribution in [1.29, 1.82) is 0 Å². The molecule has 21 heavy (non-hydrogen) atoms. The van der Waals surface area contributed by atoms with E-state index < -0.39 is 0 Å². The Hall–Kier alpha value is -2.01. The van der Waals surface area contributed by atoms with Gasteiger partial charge in [0.05, 0.1) is 23.5 Å². The summed E-state index contributed by atoms with van der Waals surface area (Å²) in [5.41, 5.74) is 7.96. The zero-order valence-electron chi connectivity index (χ0n) is 12.1. The number of rotatable bonds is 6. The number of carbonyl (C=O) groups is 1. The Morgan fingerprint density at radius 1 is 1.33 bits per heavy atom. The highest BCUT2D eigenvalue weighted by Gasteiger charge is 2.09. The Balaban J connectivity index is 2.17. The molecule has 0 aliphatic rings. The van der Waals surface area contributed by atoms with Crippen LogP contribution in [0.15, 0.2) is 41.6 Å². The second-order valence-corrected chi connectivity index (χ2v) is 5.53. The van der Waals surface area contributed by atoms with Crippen molar-refractivity contribution < 1.29 is 9.53 Å². The summed E-state index contributed by atoms with van der Waals surface area (Å²) >= 11 is 1.58. The van der Waals surface area contributed by atoms with Crippen LogP contribution in [0.4, 0.5) is 5.69 Å². The molecular weight excluding hydrogens is 284 g/mol. The first-order valence-corrected chi connectivity index (χ1v) is 7.69. The lowest BCUT2D eigenvalue weighted by Gasteiger charge is -2.11. The van der Waals surface area contributed by atoms with Crippen molar-refractivity contribution >= 4 is 23.2 Å². The van der Waals surface area contributed by atoms with Crippen molar-refractivity contribution in [3.05, 3.63) is 47.7 Å². The summed E-state index contributed by atoms with van der Waals surface area (Å²) in [4.78, 5) is 15.8. The van der Waals surface area contributed by atoms with Gasteiger partial charge in [-0.25, -0.2) is 4.98 Å². The minimum absolute atomic E-state index is 0.0508. The van der Waals surface area contributed by atoms with Crippen LogP contribution in [0, 0.1) is 0 Å². The van der Waals surface area contributed by atoms with Crippen LogP contribution in [-0.4, -0.2) is 17.4 Å². The Kier molecular flexibility index (Phi) is 5.22. The first kappa shape index (κ1) is 15.4. The van der Waals surface area contributed by atoms with Gasteiger partial charge in [-0.15, -0.1) is 11.8 Å². The molecule has 0 saturated carbocycles. The molecule has 1 aromatic carbocycles. The number of Topliss-reactive ketones (excluding diaryl/α,β-unsaturated/α-hetero) is 1. The third kappa shape index (κ3) is 4.23. The first-order valence-electron chi connectivity index (χ1n) is 6.71. The van der Waals surface area contributed by atoms with E-state index in [4.69, 9.17) is 10.5 Å². The average Bonchev–Trinajstić information content (AvgIpc) is 2.48. The minimum atomic E-state index is 0.0508. The molecule has 0 aliphatic heterocycles. The van der Waals surface area contributed by atoms with E-state index in [1.165, 1.54) is 0 Å². The maximum absolute atomic E-state index is 11.5. The molecule has 110 valence electrons. The van der Waals surface area contributed by atoms with Crippen molar-refractivity contribution in [2.45, 2.75) is 24.6 Å². The molecule has 5 heteroatoms. The van der Waals surface area contributed by atoms with E-state index in [2.05, 4.69) is 4.98 Å². The Morgan fingerprint density at radius 2 is 2.14 bits per heavy atom. The quantitative estimate of drug-likeness (QED) is 0.653. The maximum Gasteiger partial charge on any atom is 0.159 e. The molecule has 2 rings (SSSR count). The molecule has 0 bridgehead atoms. The summed E-state index contributed by atoms with van der Waals surface area (Å²) < 4.78 is 5.61. The van der Waals surface area contributed by atoms with Gasteiger partial charge < -0.3 is 10.5 Å². The Bertz CT molecular complexity index is 627. The zero-order chi connectivity index (χ0) is 15.2. The fraction of sp³-hybridized carbons (Fsp3) is 0.250. The van der Waals surface area contributed by atoms with Crippen molar-refractivity contribution in [1.82, 2.24) is 4.98 Å². The van der Waals surface area contributed by atoms with E-state index in [-0.39, 0.29) is 5.78 Å². The van der Waals surface area contributed by atoms with Crippen LogP contribution < -0.4 is 10.5 Å². The number of hydrogen-bond acceptors (Lipinski definition) is 5. The van der Waals surface area contributed by atoms with Gasteiger partial charge in [0.1, 0.15) is 5.75 Å². The lowest BCUT2D eigenvalue weighted by atomic mass is 10.1. The van der Waals surface area contributed by atoms with Crippen molar-refractivity contribution in [2.24, 2.45) is 0 Å². The molecule has 0 aliphatic carbocycles. The highest BCUT2D eigenvalue weighted by Crippen LogP contribution is 2.28. The van der Waals surface area contributed by atoms with Crippen LogP contribution in [0.3, 0.4) is 0 Å². The zero-order valence-corrected chi connectivity index (χ0v) is 12.9. The highest BCUT2D eigenvalue weighted by atomic mass is 32.2. The van der Waals surface area contributed by atoms with Crippen LogP contribution >= 0.6 is 11.8 Å². The molecule has 0 spiro atoms. The van der Waals surface area contributed by atoms with Gasteiger partial charge in [0.2, 0.25) is 0 Å². The van der Waals surface area contributed by atoms with Gasteiger partial charge in [0.15, 0.2) is 5.78 Å². The van der Waals surface area contributed by atoms with E-state index in [1.54, 1.807) is 30.9 Å². The number of pyridine rings is 1. The van der Waals surface area contributed by atoms with E-state index in [9.17, 15) is 4.79 Å². The van der Waals surface area contributed by atoms with Crippen LogP contribution in [0.5, 0.6) is 5.75 Å². The monoisotopic (exact) mass is 302 g/mol. The molecule has 0 saturated heterocycles. The normalized spacial score (nSPS) is 10.4. The van der Waals surface area contributed by atoms with E-state index >= 15 is 0 Å². The van der Waals surface area contributed by atoms with Gasteiger partial charge in [-0.2, -0.15) is 0 Å². The molecule has 2 N–H and O–H groups in total. The summed E-state index contributed by atoms with van der Waals surface area (Å²) in [5.74, 6) is 1.55. The van der Waals surface area contributed by atoms with E-state index in [1.807, 2.05) is 31.2 Å². The van der Waals surface area contributed by atoms with Crippen LogP contribution in [0.1, 0.15) is 29.8 Å². The van der Waals surface area contributed by atoms with Gasteiger partial charge in [-0.1, -0.05) is 0 Å². The molecule has 1 heterocycles. The maximum atomic E-state index is 11.5. The lowest BCUT2D eigenvalue weighted by Crippen LogP contribution is -1.99. The molecule has 0 atom stereocenters. The number of anilines is 1. The lowest BCUT2D eigenvalue weighted by molar-refractivity contribution is 0.101. The SMILES string of the molecule is CCOc1ccc(C(C)=O)cc1CSc1ccc(N)cn1. The third-order valence-corrected chi connectivity index (χ3v) is 3.89. The van der Waals surface area contributed by atoms with Crippen molar-refractivity contribution in [3.63, 3.8) is 0 Å². The number of thioether (sulfide) groups is 1. The Labute approximate surface area is 128 Å². The van der Waals surface area contributed by atoms with Crippen molar-refractivity contribution in [2.75, 3.05) is 12.3 Å². The summed E-state index contributed by atoms with van der Waals surface area (Å²) in [6.45, 7) is 4.10. The third-order valence-electron chi connectivity index (χ3n) is 2.90. The molecule has 0 amide bonds. The smallest absolute Gasteiger partial charge is 0.159 e. The first-order chi connectivity index (χ1) is 10.1. The second-order valence-electron chi connectivity index (χ2n) is 4.53. The number of ether oxygens (including phenoxy) is 1. The number of nitrogens with zero attached hydrogens (tertiary/aromatic N) is 1. The number of nitrogens with two attached hydrogens (primary N) is 1. The van der Waals surface area contributed by atoms with Gasteiger partial charge in [-0.05, 0) is 44.2 Å². The molecule has 2 aromatic rings. The number of hydrogen-bond donors (Lipinski definition) is 1. The molecule has 0 radical (unpaired) electrons. The van der Waals surface area contributed by atoms with Crippen molar-refractivity contribution in [3.8, 4) is 5.75 Å². The summed E-state index contributed by atoms with van der Waals surface area (Å²) in [5, 5.41) is 0.889. The number of nitrogen functional groups attached to an aromatic ring is 1. The highest BCUT2D eigenvalue weighted by molar-refractivity contribution is 7.98. The van der Waals surface area contributed by atoms with Crippen LogP contribution in [0.2, 0.25) is 0 Å². The molecule has 1 aromatic heterocycles. The van der Waals surface area contributed by atoms with Gasteiger partial charge >= 0.3 is 0 Å². The number of ketones is 1. The largest absolute Gasteiger partial charge is 0.494 e. The fourth-order valence-corrected chi connectivity index (χ4v) is 2.66. The molecule has 4 nitrogen and oxygen atoms in total.